The summed E-state index contributed by atoms with van der Waals surface area (Å²) in [6, 6.07) is 10.4. The standard InChI is InChI=1S/C15H18N2O/c1-10-14-12(11-6-4-3-5-7-11)8-15(2,18)9-13(14)17-16-10/h3-7,12,18H,8-9H2,1-2H3,(H,16,17)/t12-,15+/m0/s1. The molecule has 0 saturated heterocycles. The van der Waals surface area contributed by atoms with Crippen LogP contribution < -0.4 is 0 Å². The van der Waals surface area contributed by atoms with Crippen LogP contribution in [0.4, 0.5) is 0 Å². The highest BCUT2D eigenvalue weighted by Crippen LogP contribution is 2.41. The Morgan fingerprint density at radius 1 is 1.33 bits per heavy atom. The predicted octanol–water partition coefficient (Wildman–Crippen LogP) is 2.55. The summed E-state index contributed by atoms with van der Waals surface area (Å²) in [4.78, 5) is 0. The van der Waals surface area contributed by atoms with E-state index in [4.69, 9.17) is 0 Å². The first-order chi connectivity index (χ1) is 8.57. The summed E-state index contributed by atoms with van der Waals surface area (Å²) in [7, 11) is 0. The summed E-state index contributed by atoms with van der Waals surface area (Å²) in [6.07, 6.45) is 1.39. The molecule has 94 valence electrons. The first-order valence-electron chi connectivity index (χ1n) is 6.38. The third kappa shape index (κ3) is 1.85. The van der Waals surface area contributed by atoms with Crippen LogP contribution in [0.5, 0.6) is 0 Å². The van der Waals surface area contributed by atoms with E-state index in [2.05, 4.69) is 29.3 Å². The van der Waals surface area contributed by atoms with Crippen LogP contribution in [0.25, 0.3) is 0 Å². The Hall–Kier alpha value is -1.61. The van der Waals surface area contributed by atoms with Crippen molar-refractivity contribution in [1.82, 2.24) is 10.2 Å². The van der Waals surface area contributed by atoms with Gasteiger partial charge in [-0.15, -0.1) is 0 Å². The number of aliphatic hydroxyl groups is 1. The Labute approximate surface area is 107 Å². The second-order valence-corrected chi connectivity index (χ2v) is 5.55. The number of fused-ring (bicyclic) bond motifs is 1. The Morgan fingerprint density at radius 3 is 2.78 bits per heavy atom. The van der Waals surface area contributed by atoms with E-state index in [-0.39, 0.29) is 5.92 Å². The number of aromatic amines is 1. The van der Waals surface area contributed by atoms with Gasteiger partial charge in [-0.25, -0.2) is 0 Å². The first kappa shape index (κ1) is 11.5. The van der Waals surface area contributed by atoms with Crippen molar-refractivity contribution < 1.29 is 5.11 Å². The van der Waals surface area contributed by atoms with Crippen molar-refractivity contribution in [1.29, 1.82) is 0 Å². The van der Waals surface area contributed by atoms with E-state index in [9.17, 15) is 5.11 Å². The summed E-state index contributed by atoms with van der Waals surface area (Å²) in [5.74, 6) is 0.240. The van der Waals surface area contributed by atoms with Crippen molar-refractivity contribution >= 4 is 0 Å². The molecule has 0 radical (unpaired) electrons. The highest BCUT2D eigenvalue weighted by atomic mass is 16.3. The molecular weight excluding hydrogens is 224 g/mol. The van der Waals surface area contributed by atoms with E-state index in [1.54, 1.807) is 0 Å². The van der Waals surface area contributed by atoms with Gasteiger partial charge in [-0.05, 0) is 25.8 Å². The molecule has 18 heavy (non-hydrogen) atoms. The molecule has 0 fully saturated rings. The van der Waals surface area contributed by atoms with E-state index in [0.717, 1.165) is 17.8 Å². The number of aromatic nitrogens is 2. The van der Waals surface area contributed by atoms with Gasteiger partial charge >= 0.3 is 0 Å². The fourth-order valence-electron chi connectivity index (χ4n) is 3.03. The fourth-order valence-corrected chi connectivity index (χ4v) is 3.03. The van der Waals surface area contributed by atoms with Gasteiger partial charge in [0.05, 0.1) is 11.3 Å². The summed E-state index contributed by atoms with van der Waals surface area (Å²) >= 11 is 0. The average molecular weight is 242 g/mol. The monoisotopic (exact) mass is 242 g/mol. The number of aryl methyl sites for hydroxylation is 1. The molecule has 0 amide bonds. The molecule has 0 saturated carbocycles. The summed E-state index contributed by atoms with van der Waals surface area (Å²) < 4.78 is 0. The third-order valence-electron chi connectivity index (χ3n) is 3.82. The van der Waals surface area contributed by atoms with Gasteiger partial charge in [-0.2, -0.15) is 5.10 Å². The van der Waals surface area contributed by atoms with Crippen molar-refractivity contribution in [3.8, 4) is 0 Å². The van der Waals surface area contributed by atoms with Crippen LogP contribution in [0.1, 0.15) is 41.8 Å². The summed E-state index contributed by atoms with van der Waals surface area (Å²) in [5.41, 5.74) is 3.98. The quantitative estimate of drug-likeness (QED) is 0.807. The normalized spacial score (nSPS) is 26.9. The topological polar surface area (TPSA) is 48.9 Å². The number of benzene rings is 1. The molecule has 1 aliphatic rings. The van der Waals surface area contributed by atoms with Crippen molar-refractivity contribution in [2.45, 2.75) is 38.2 Å². The smallest absolute Gasteiger partial charge is 0.0691 e. The first-order valence-corrected chi connectivity index (χ1v) is 6.38. The van der Waals surface area contributed by atoms with E-state index in [1.165, 1.54) is 11.1 Å². The van der Waals surface area contributed by atoms with Crippen LogP contribution in [0.15, 0.2) is 30.3 Å². The fraction of sp³-hybridized carbons (Fsp3) is 0.400. The number of hydrogen-bond acceptors (Lipinski definition) is 2. The molecule has 0 unspecified atom stereocenters. The Morgan fingerprint density at radius 2 is 2.06 bits per heavy atom. The SMILES string of the molecule is Cc1[nH]nc2c1[C@H](c1ccccc1)C[C@@](C)(O)C2. The molecule has 3 rings (SSSR count). The summed E-state index contributed by atoms with van der Waals surface area (Å²) in [5, 5.41) is 17.8. The lowest BCUT2D eigenvalue weighted by molar-refractivity contribution is 0.0395. The van der Waals surface area contributed by atoms with Crippen molar-refractivity contribution in [2.75, 3.05) is 0 Å². The molecule has 0 aliphatic heterocycles. The molecule has 2 atom stereocenters. The number of nitrogens with zero attached hydrogens (tertiary/aromatic N) is 1. The van der Waals surface area contributed by atoms with Gasteiger partial charge in [0.1, 0.15) is 0 Å². The van der Waals surface area contributed by atoms with Gasteiger partial charge in [0, 0.05) is 23.6 Å². The molecule has 0 bridgehead atoms. The average Bonchev–Trinajstić information content (AvgIpc) is 2.69. The minimum atomic E-state index is -0.671. The van der Waals surface area contributed by atoms with Crippen LogP contribution in [0.2, 0.25) is 0 Å². The molecule has 0 spiro atoms. The molecule has 1 heterocycles. The Kier molecular flexibility index (Phi) is 2.52. The third-order valence-corrected chi connectivity index (χ3v) is 3.82. The minimum absolute atomic E-state index is 0.240. The van der Waals surface area contributed by atoms with Gasteiger partial charge in [0.15, 0.2) is 0 Å². The van der Waals surface area contributed by atoms with Crippen LogP contribution in [0, 0.1) is 6.92 Å². The number of H-pyrrole nitrogens is 1. The molecule has 2 N–H and O–H groups in total. The van der Waals surface area contributed by atoms with E-state index >= 15 is 0 Å². The molecule has 1 aromatic heterocycles. The number of rotatable bonds is 1. The van der Waals surface area contributed by atoms with Gasteiger partial charge < -0.3 is 5.11 Å². The van der Waals surface area contributed by atoms with Gasteiger partial charge in [-0.3, -0.25) is 5.10 Å². The van der Waals surface area contributed by atoms with Crippen molar-refractivity contribution in [3.63, 3.8) is 0 Å². The zero-order valence-corrected chi connectivity index (χ0v) is 10.8. The molecule has 1 aliphatic carbocycles. The van der Waals surface area contributed by atoms with Crippen LogP contribution >= 0.6 is 0 Å². The maximum absolute atomic E-state index is 10.4. The van der Waals surface area contributed by atoms with Crippen LogP contribution in [-0.4, -0.2) is 20.9 Å². The van der Waals surface area contributed by atoms with Crippen LogP contribution in [0.3, 0.4) is 0 Å². The highest BCUT2D eigenvalue weighted by molar-refractivity contribution is 5.40. The molecular formula is C15H18N2O. The molecule has 2 aromatic rings. The molecule has 3 heteroatoms. The largest absolute Gasteiger partial charge is 0.390 e. The van der Waals surface area contributed by atoms with E-state index in [0.29, 0.717) is 6.42 Å². The zero-order valence-electron chi connectivity index (χ0n) is 10.8. The minimum Gasteiger partial charge on any atom is -0.390 e. The molecule has 1 aromatic carbocycles. The van der Waals surface area contributed by atoms with Crippen molar-refractivity contribution in [2.24, 2.45) is 0 Å². The van der Waals surface area contributed by atoms with Crippen molar-refractivity contribution in [3.05, 3.63) is 52.8 Å². The van der Waals surface area contributed by atoms with Gasteiger partial charge in [0.25, 0.3) is 0 Å². The van der Waals surface area contributed by atoms with E-state index in [1.807, 2.05) is 25.1 Å². The maximum atomic E-state index is 10.4. The lowest BCUT2D eigenvalue weighted by Crippen LogP contribution is -2.34. The zero-order chi connectivity index (χ0) is 12.8. The van der Waals surface area contributed by atoms with Gasteiger partial charge in [-0.1, -0.05) is 30.3 Å². The lowest BCUT2D eigenvalue weighted by atomic mass is 9.74. The Balaban J connectivity index is 2.12. The highest BCUT2D eigenvalue weighted by Gasteiger charge is 2.37. The van der Waals surface area contributed by atoms with Crippen LogP contribution in [-0.2, 0) is 6.42 Å². The summed E-state index contributed by atoms with van der Waals surface area (Å²) in [6.45, 7) is 3.96. The number of nitrogens with one attached hydrogen (secondary N) is 1. The van der Waals surface area contributed by atoms with E-state index < -0.39 is 5.60 Å². The second-order valence-electron chi connectivity index (χ2n) is 5.55. The second kappa shape index (κ2) is 3.95. The predicted molar refractivity (Wildman–Crippen MR) is 70.6 cm³/mol. The number of hydrogen-bond donors (Lipinski definition) is 2. The molecule has 3 nitrogen and oxygen atoms in total. The Bertz CT molecular complexity index is 557. The van der Waals surface area contributed by atoms with Gasteiger partial charge in [0.2, 0.25) is 0 Å². The maximum Gasteiger partial charge on any atom is 0.0691 e. The lowest BCUT2D eigenvalue weighted by Gasteiger charge is -2.34.